The Labute approximate surface area is 193 Å². The van der Waals surface area contributed by atoms with E-state index >= 15 is 0 Å². The number of amides is 1. The number of carbonyl (C=O) groups excluding carboxylic acids is 1. The molecule has 0 radical (unpaired) electrons. The van der Waals surface area contributed by atoms with E-state index in [1.54, 1.807) is 17.6 Å². The van der Waals surface area contributed by atoms with Gasteiger partial charge in [-0.15, -0.1) is 35.3 Å². The topological polar surface area (TPSA) is 87.9 Å². The van der Waals surface area contributed by atoms with Crippen LogP contribution >= 0.6 is 35.3 Å². The van der Waals surface area contributed by atoms with Crippen molar-refractivity contribution in [2.45, 2.75) is 39.2 Å². The lowest BCUT2D eigenvalue weighted by atomic mass is 10.2. The Bertz CT molecular complexity index is 713. The molecular weight excluding hydrogens is 503 g/mol. The van der Waals surface area contributed by atoms with Crippen LogP contribution in [0, 0.1) is 0 Å². The lowest BCUT2D eigenvalue weighted by Crippen LogP contribution is -2.43. The standard InChI is InChI=1S/C20H30N4O3S.HI/c1-20(2,3)27-19(25)24-13-12-23-18(21-10-8-16-6-4-14-26-16)22-11-9-17-7-5-15-28-17;/h4-7,14-15H,8-13H2,1-3H3,(H,24,25)(H2,21,22,23);1H. The predicted molar refractivity (Wildman–Crippen MR) is 128 cm³/mol. The van der Waals surface area contributed by atoms with Gasteiger partial charge in [0.15, 0.2) is 5.96 Å². The molecule has 2 heterocycles. The highest BCUT2D eigenvalue weighted by Gasteiger charge is 2.15. The molecule has 162 valence electrons. The number of rotatable bonds is 9. The number of halogens is 1. The Morgan fingerprint density at radius 3 is 2.52 bits per heavy atom. The number of aliphatic imine (C=N–C) groups is 1. The molecule has 0 saturated carbocycles. The smallest absolute Gasteiger partial charge is 0.407 e. The number of carbonyl (C=O) groups is 1. The van der Waals surface area contributed by atoms with Crippen molar-refractivity contribution in [1.29, 1.82) is 0 Å². The zero-order valence-electron chi connectivity index (χ0n) is 17.2. The van der Waals surface area contributed by atoms with Crippen LogP contribution in [0.3, 0.4) is 0 Å². The SMILES string of the molecule is CC(C)(C)OC(=O)NCCNC(=NCCc1cccs1)NCCc1ccco1.I. The van der Waals surface area contributed by atoms with E-state index < -0.39 is 11.7 Å². The molecule has 0 aromatic carbocycles. The van der Waals surface area contributed by atoms with E-state index in [-0.39, 0.29) is 24.0 Å². The van der Waals surface area contributed by atoms with Gasteiger partial charge in [-0.3, -0.25) is 4.99 Å². The van der Waals surface area contributed by atoms with Gasteiger partial charge in [-0.05, 0) is 44.4 Å². The molecule has 0 aliphatic carbocycles. The minimum atomic E-state index is -0.501. The quantitative estimate of drug-likeness (QED) is 0.197. The molecule has 0 spiro atoms. The Kier molecular flexibility index (Phi) is 11.7. The van der Waals surface area contributed by atoms with Crippen LogP contribution in [0.5, 0.6) is 0 Å². The van der Waals surface area contributed by atoms with Gasteiger partial charge in [0.05, 0.1) is 6.26 Å². The monoisotopic (exact) mass is 534 g/mol. The molecule has 0 saturated heterocycles. The number of furan rings is 1. The third kappa shape index (κ3) is 11.7. The molecule has 3 N–H and O–H groups in total. The van der Waals surface area contributed by atoms with Crippen molar-refractivity contribution in [3.05, 3.63) is 46.5 Å². The first-order chi connectivity index (χ1) is 13.4. The van der Waals surface area contributed by atoms with Crippen molar-refractivity contribution in [2.24, 2.45) is 4.99 Å². The second kappa shape index (κ2) is 13.5. The molecule has 0 aliphatic rings. The molecule has 1 amide bonds. The molecule has 7 nitrogen and oxygen atoms in total. The first-order valence-electron chi connectivity index (χ1n) is 9.46. The number of nitrogens with zero attached hydrogens (tertiary/aromatic N) is 1. The maximum absolute atomic E-state index is 11.7. The highest BCUT2D eigenvalue weighted by molar-refractivity contribution is 14.0. The minimum absolute atomic E-state index is 0. The summed E-state index contributed by atoms with van der Waals surface area (Å²) in [5.41, 5.74) is -0.501. The average molecular weight is 534 g/mol. The molecule has 0 unspecified atom stereocenters. The summed E-state index contributed by atoms with van der Waals surface area (Å²) in [6.07, 6.45) is 2.93. The fraction of sp³-hybridized carbons (Fsp3) is 0.500. The number of hydrogen-bond acceptors (Lipinski definition) is 5. The van der Waals surface area contributed by atoms with Gasteiger partial charge in [-0.1, -0.05) is 6.07 Å². The van der Waals surface area contributed by atoms with Crippen molar-refractivity contribution in [1.82, 2.24) is 16.0 Å². The van der Waals surface area contributed by atoms with Crippen LogP contribution in [0.1, 0.15) is 31.4 Å². The van der Waals surface area contributed by atoms with Gasteiger partial charge in [0.25, 0.3) is 0 Å². The zero-order valence-corrected chi connectivity index (χ0v) is 20.3. The Morgan fingerprint density at radius 1 is 1.10 bits per heavy atom. The van der Waals surface area contributed by atoms with E-state index in [4.69, 9.17) is 9.15 Å². The van der Waals surface area contributed by atoms with Gasteiger partial charge >= 0.3 is 6.09 Å². The zero-order chi connectivity index (χ0) is 20.2. The summed E-state index contributed by atoms with van der Waals surface area (Å²) in [6.45, 7) is 7.90. The van der Waals surface area contributed by atoms with Crippen LogP contribution in [0.4, 0.5) is 4.79 Å². The molecule has 0 bridgehead atoms. The summed E-state index contributed by atoms with van der Waals surface area (Å²) in [4.78, 5) is 17.6. The molecule has 0 atom stereocenters. The van der Waals surface area contributed by atoms with Gasteiger partial charge in [-0.2, -0.15) is 0 Å². The van der Waals surface area contributed by atoms with Crippen molar-refractivity contribution >= 4 is 47.4 Å². The molecule has 0 aliphatic heterocycles. The lowest BCUT2D eigenvalue weighted by Gasteiger charge is -2.20. The highest BCUT2D eigenvalue weighted by Crippen LogP contribution is 2.09. The van der Waals surface area contributed by atoms with Gasteiger partial charge in [0.2, 0.25) is 0 Å². The van der Waals surface area contributed by atoms with Crippen LogP contribution in [-0.4, -0.2) is 43.8 Å². The van der Waals surface area contributed by atoms with E-state index in [0.717, 1.165) is 18.6 Å². The van der Waals surface area contributed by atoms with Crippen molar-refractivity contribution < 1.29 is 13.9 Å². The van der Waals surface area contributed by atoms with E-state index in [1.807, 2.05) is 39.0 Å². The first-order valence-corrected chi connectivity index (χ1v) is 10.3. The normalized spacial score (nSPS) is 11.5. The summed E-state index contributed by atoms with van der Waals surface area (Å²) in [5, 5.41) is 11.3. The Morgan fingerprint density at radius 2 is 1.86 bits per heavy atom. The summed E-state index contributed by atoms with van der Waals surface area (Å²) < 4.78 is 10.6. The summed E-state index contributed by atoms with van der Waals surface area (Å²) in [7, 11) is 0. The van der Waals surface area contributed by atoms with Gasteiger partial charge < -0.3 is 25.1 Å². The largest absolute Gasteiger partial charge is 0.469 e. The highest BCUT2D eigenvalue weighted by atomic mass is 127. The third-order valence-electron chi connectivity index (χ3n) is 3.54. The molecule has 2 aromatic rings. The Balaban J connectivity index is 0.00000420. The van der Waals surface area contributed by atoms with Gasteiger partial charge in [-0.25, -0.2) is 4.79 Å². The maximum atomic E-state index is 11.7. The molecule has 2 aromatic heterocycles. The summed E-state index contributed by atoms with van der Waals surface area (Å²) in [5.74, 6) is 1.64. The van der Waals surface area contributed by atoms with Crippen LogP contribution in [0.25, 0.3) is 0 Å². The number of hydrogen-bond donors (Lipinski definition) is 3. The molecule has 2 rings (SSSR count). The fourth-order valence-corrected chi connectivity index (χ4v) is 3.02. The van der Waals surface area contributed by atoms with Crippen molar-refractivity contribution in [2.75, 3.05) is 26.2 Å². The number of thiophene rings is 1. The second-order valence-electron chi connectivity index (χ2n) is 7.17. The van der Waals surface area contributed by atoms with Gasteiger partial charge in [0, 0.05) is 43.9 Å². The number of guanidine groups is 1. The van der Waals surface area contributed by atoms with Crippen LogP contribution in [0.15, 0.2) is 45.3 Å². The van der Waals surface area contributed by atoms with Gasteiger partial charge in [0.1, 0.15) is 11.4 Å². The number of ether oxygens (including phenoxy) is 1. The number of alkyl carbamates (subject to hydrolysis) is 1. The third-order valence-corrected chi connectivity index (χ3v) is 4.47. The second-order valence-corrected chi connectivity index (χ2v) is 8.20. The minimum Gasteiger partial charge on any atom is -0.469 e. The lowest BCUT2D eigenvalue weighted by molar-refractivity contribution is 0.0529. The Hall–Kier alpha value is -1.75. The van der Waals surface area contributed by atoms with Crippen LogP contribution < -0.4 is 16.0 Å². The van der Waals surface area contributed by atoms with E-state index in [1.165, 1.54) is 4.88 Å². The summed E-state index contributed by atoms with van der Waals surface area (Å²) >= 11 is 1.74. The first kappa shape index (κ1) is 25.3. The van der Waals surface area contributed by atoms with E-state index in [2.05, 4.69) is 32.4 Å². The van der Waals surface area contributed by atoms with Crippen molar-refractivity contribution in [3.63, 3.8) is 0 Å². The van der Waals surface area contributed by atoms with Crippen LogP contribution in [0.2, 0.25) is 0 Å². The average Bonchev–Trinajstić information content (AvgIpc) is 3.30. The van der Waals surface area contributed by atoms with Crippen LogP contribution in [-0.2, 0) is 17.6 Å². The number of nitrogens with one attached hydrogen (secondary N) is 3. The van der Waals surface area contributed by atoms with Crippen molar-refractivity contribution in [3.8, 4) is 0 Å². The molecular formula is C20H31IN4O3S. The fourth-order valence-electron chi connectivity index (χ4n) is 2.33. The summed E-state index contributed by atoms with van der Waals surface area (Å²) in [6, 6.07) is 7.99. The maximum Gasteiger partial charge on any atom is 0.407 e. The van der Waals surface area contributed by atoms with E-state index in [9.17, 15) is 4.79 Å². The van der Waals surface area contributed by atoms with E-state index in [0.29, 0.717) is 32.1 Å². The molecule has 29 heavy (non-hydrogen) atoms. The molecule has 0 fully saturated rings. The predicted octanol–water partition coefficient (Wildman–Crippen LogP) is 3.80. The molecule has 9 heteroatoms.